The number of pyridine rings is 1. The quantitative estimate of drug-likeness (QED) is 0.858. The van der Waals surface area contributed by atoms with Crippen LogP contribution in [0.5, 0.6) is 0 Å². The Bertz CT molecular complexity index is 519. The Balaban J connectivity index is 1.80. The van der Waals surface area contributed by atoms with Crippen molar-refractivity contribution < 1.29 is 0 Å². The third-order valence-electron chi connectivity index (χ3n) is 4.89. The van der Waals surface area contributed by atoms with Gasteiger partial charge in [-0.3, -0.25) is 4.98 Å². The molecular formula is C19H24N2. The first-order valence-electron chi connectivity index (χ1n) is 7.90. The van der Waals surface area contributed by atoms with Crippen LogP contribution in [0.15, 0.2) is 54.7 Å². The molecule has 1 aromatic heterocycles. The predicted molar refractivity (Wildman–Crippen MR) is 87.0 cm³/mol. The average molecular weight is 280 g/mol. The summed E-state index contributed by atoms with van der Waals surface area (Å²) in [4.78, 5) is 4.56. The molecule has 1 aliphatic rings. The minimum absolute atomic E-state index is 0.184. The van der Waals surface area contributed by atoms with Crippen molar-refractivity contribution in [2.75, 3.05) is 6.54 Å². The van der Waals surface area contributed by atoms with Gasteiger partial charge in [-0.1, -0.05) is 50.2 Å². The first-order valence-corrected chi connectivity index (χ1v) is 7.90. The SMILES string of the molecule is CC(C)C1(CNC(c2ccccc2)c2ccccn2)CC1. The van der Waals surface area contributed by atoms with Crippen molar-refractivity contribution in [3.63, 3.8) is 0 Å². The van der Waals surface area contributed by atoms with Crippen LogP contribution >= 0.6 is 0 Å². The molecule has 0 bridgehead atoms. The Morgan fingerprint density at radius 3 is 2.33 bits per heavy atom. The van der Waals surface area contributed by atoms with Gasteiger partial charge < -0.3 is 5.32 Å². The van der Waals surface area contributed by atoms with E-state index >= 15 is 0 Å². The lowest BCUT2D eigenvalue weighted by atomic mass is 9.91. The van der Waals surface area contributed by atoms with Crippen LogP contribution in [0.1, 0.15) is 44.0 Å². The van der Waals surface area contributed by atoms with Crippen LogP contribution in [0.4, 0.5) is 0 Å². The molecule has 1 saturated carbocycles. The minimum Gasteiger partial charge on any atom is -0.304 e. The Morgan fingerprint density at radius 2 is 1.76 bits per heavy atom. The van der Waals surface area contributed by atoms with Gasteiger partial charge in [0.1, 0.15) is 0 Å². The van der Waals surface area contributed by atoms with Crippen molar-refractivity contribution in [2.24, 2.45) is 11.3 Å². The Hall–Kier alpha value is -1.67. The predicted octanol–water partition coefficient (Wildman–Crippen LogP) is 4.20. The monoisotopic (exact) mass is 280 g/mol. The first-order chi connectivity index (χ1) is 10.2. The number of hydrogen-bond acceptors (Lipinski definition) is 2. The number of nitrogens with one attached hydrogen (secondary N) is 1. The second-order valence-electron chi connectivity index (χ2n) is 6.50. The van der Waals surface area contributed by atoms with E-state index in [4.69, 9.17) is 0 Å². The molecule has 1 heterocycles. The summed E-state index contributed by atoms with van der Waals surface area (Å²) in [5, 5.41) is 3.77. The molecular weight excluding hydrogens is 256 g/mol. The van der Waals surface area contributed by atoms with Crippen LogP contribution in [0.3, 0.4) is 0 Å². The van der Waals surface area contributed by atoms with Crippen molar-refractivity contribution in [2.45, 2.75) is 32.7 Å². The highest BCUT2D eigenvalue weighted by Gasteiger charge is 2.45. The van der Waals surface area contributed by atoms with E-state index in [9.17, 15) is 0 Å². The van der Waals surface area contributed by atoms with Crippen LogP contribution in [0, 0.1) is 11.3 Å². The summed E-state index contributed by atoms with van der Waals surface area (Å²) in [6.45, 7) is 5.75. The van der Waals surface area contributed by atoms with Crippen LogP contribution in [0.25, 0.3) is 0 Å². The van der Waals surface area contributed by atoms with Crippen molar-refractivity contribution in [3.8, 4) is 0 Å². The lowest BCUT2D eigenvalue weighted by Gasteiger charge is -2.25. The van der Waals surface area contributed by atoms with Gasteiger partial charge in [0.2, 0.25) is 0 Å². The van der Waals surface area contributed by atoms with Gasteiger partial charge in [0.15, 0.2) is 0 Å². The fraction of sp³-hybridized carbons (Fsp3) is 0.421. The topological polar surface area (TPSA) is 24.9 Å². The third kappa shape index (κ3) is 3.16. The highest BCUT2D eigenvalue weighted by molar-refractivity contribution is 5.27. The minimum atomic E-state index is 0.184. The van der Waals surface area contributed by atoms with Crippen LogP contribution < -0.4 is 5.32 Å². The van der Waals surface area contributed by atoms with Crippen molar-refractivity contribution >= 4 is 0 Å². The molecule has 110 valence electrons. The van der Waals surface area contributed by atoms with E-state index in [2.05, 4.69) is 66.6 Å². The maximum atomic E-state index is 4.56. The van der Waals surface area contributed by atoms with E-state index in [1.54, 1.807) is 0 Å². The molecule has 1 fully saturated rings. The zero-order valence-electron chi connectivity index (χ0n) is 12.9. The number of benzene rings is 1. The summed E-state index contributed by atoms with van der Waals surface area (Å²) in [6, 6.07) is 17.0. The van der Waals surface area contributed by atoms with Crippen molar-refractivity contribution in [1.29, 1.82) is 0 Å². The number of rotatable bonds is 6. The molecule has 0 amide bonds. The zero-order chi connectivity index (χ0) is 14.7. The van der Waals surface area contributed by atoms with Gasteiger partial charge in [-0.15, -0.1) is 0 Å². The second kappa shape index (κ2) is 5.98. The normalized spacial score (nSPS) is 17.7. The standard InChI is InChI=1S/C19H24N2/c1-15(2)19(11-12-19)14-21-18(16-8-4-3-5-9-16)17-10-6-7-13-20-17/h3-10,13,15,18,21H,11-12,14H2,1-2H3. The van der Waals surface area contributed by atoms with Gasteiger partial charge in [0, 0.05) is 12.7 Å². The number of hydrogen-bond donors (Lipinski definition) is 1. The first kappa shape index (κ1) is 14.3. The molecule has 2 nitrogen and oxygen atoms in total. The van der Waals surface area contributed by atoms with E-state index in [0.29, 0.717) is 5.41 Å². The molecule has 1 aromatic carbocycles. The van der Waals surface area contributed by atoms with E-state index in [1.807, 2.05) is 12.3 Å². The average Bonchev–Trinajstić information content (AvgIpc) is 3.31. The summed E-state index contributed by atoms with van der Waals surface area (Å²) in [5.74, 6) is 0.741. The summed E-state index contributed by atoms with van der Waals surface area (Å²) >= 11 is 0. The van der Waals surface area contributed by atoms with Gasteiger partial charge >= 0.3 is 0 Å². The van der Waals surface area contributed by atoms with E-state index in [0.717, 1.165) is 18.2 Å². The zero-order valence-corrected chi connectivity index (χ0v) is 12.9. The molecule has 0 aliphatic heterocycles. The summed E-state index contributed by atoms with van der Waals surface area (Å²) in [6.07, 6.45) is 4.57. The largest absolute Gasteiger partial charge is 0.304 e. The van der Waals surface area contributed by atoms with Crippen LogP contribution in [0.2, 0.25) is 0 Å². The number of aromatic nitrogens is 1. The Labute approximate surface area is 127 Å². The lowest BCUT2D eigenvalue weighted by Crippen LogP contribution is -2.32. The second-order valence-corrected chi connectivity index (χ2v) is 6.50. The lowest BCUT2D eigenvalue weighted by molar-refractivity contribution is 0.328. The highest BCUT2D eigenvalue weighted by Crippen LogP contribution is 2.51. The molecule has 1 unspecified atom stereocenters. The van der Waals surface area contributed by atoms with Gasteiger partial charge in [0.25, 0.3) is 0 Å². The van der Waals surface area contributed by atoms with Gasteiger partial charge in [-0.25, -0.2) is 0 Å². The maximum absolute atomic E-state index is 4.56. The smallest absolute Gasteiger partial charge is 0.0751 e. The van der Waals surface area contributed by atoms with Crippen molar-refractivity contribution in [3.05, 3.63) is 66.0 Å². The fourth-order valence-electron chi connectivity index (χ4n) is 3.01. The van der Waals surface area contributed by atoms with Crippen molar-refractivity contribution in [1.82, 2.24) is 10.3 Å². The molecule has 2 aromatic rings. The third-order valence-corrected chi connectivity index (χ3v) is 4.89. The maximum Gasteiger partial charge on any atom is 0.0751 e. The molecule has 3 rings (SSSR count). The van der Waals surface area contributed by atoms with E-state index in [1.165, 1.54) is 18.4 Å². The molecule has 1 aliphatic carbocycles. The molecule has 0 radical (unpaired) electrons. The van der Waals surface area contributed by atoms with Gasteiger partial charge in [-0.05, 0) is 41.9 Å². The molecule has 1 atom stereocenters. The van der Waals surface area contributed by atoms with E-state index in [-0.39, 0.29) is 6.04 Å². The highest BCUT2D eigenvalue weighted by atomic mass is 15.0. The molecule has 1 N–H and O–H groups in total. The molecule has 21 heavy (non-hydrogen) atoms. The summed E-state index contributed by atoms with van der Waals surface area (Å²) in [7, 11) is 0. The fourth-order valence-corrected chi connectivity index (χ4v) is 3.01. The van der Waals surface area contributed by atoms with E-state index < -0.39 is 0 Å². The summed E-state index contributed by atoms with van der Waals surface area (Å²) in [5.41, 5.74) is 2.89. The summed E-state index contributed by atoms with van der Waals surface area (Å²) < 4.78 is 0. The van der Waals surface area contributed by atoms with Crippen LogP contribution in [-0.2, 0) is 0 Å². The Kier molecular flexibility index (Phi) is 4.07. The van der Waals surface area contributed by atoms with Gasteiger partial charge in [0.05, 0.1) is 11.7 Å². The Morgan fingerprint density at radius 1 is 1.05 bits per heavy atom. The van der Waals surface area contributed by atoms with Crippen LogP contribution in [-0.4, -0.2) is 11.5 Å². The number of nitrogens with zero attached hydrogens (tertiary/aromatic N) is 1. The molecule has 0 spiro atoms. The van der Waals surface area contributed by atoms with Gasteiger partial charge in [-0.2, -0.15) is 0 Å². The molecule has 2 heteroatoms. The molecule has 0 saturated heterocycles.